The van der Waals surface area contributed by atoms with E-state index in [1.807, 2.05) is 14.0 Å². The van der Waals surface area contributed by atoms with E-state index < -0.39 is 0 Å². The van der Waals surface area contributed by atoms with Gasteiger partial charge < -0.3 is 5.32 Å². The average molecular weight is 269 g/mol. The lowest BCUT2D eigenvalue weighted by molar-refractivity contribution is -0.122. The quantitative estimate of drug-likeness (QED) is 0.462. The zero-order valence-corrected chi connectivity index (χ0v) is 13.5. The van der Waals surface area contributed by atoms with Gasteiger partial charge in [0.2, 0.25) is 0 Å². The summed E-state index contributed by atoms with van der Waals surface area (Å²) in [7, 11) is 1.91. The zero-order valence-electron chi connectivity index (χ0n) is 13.5. The second kappa shape index (κ2) is 14.0. The minimum Gasteiger partial charge on any atom is -0.319 e. The normalized spacial score (nSPS) is 12.6. The first kappa shape index (κ1) is 18.6. The number of rotatable bonds is 14. The van der Waals surface area contributed by atoms with Crippen molar-refractivity contribution in [3.63, 3.8) is 0 Å². The minimum atomic E-state index is 0.184. The van der Waals surface area contributed by atoms with Gasteiger partial charge in [0.15, 0.2) is 0 Å². The standard InChI is InChI=1S/C17H35NO/c1-4-5-6-7-8-9-10-11-12-13-14-17(19)16(2)15-18-3/h16,18H,4-15H2,1-3H3. The van der Waals surface area contributed by atoms with Crippen LogP contribution in [0.4, 0.5) is 0 Å². The van der Waals surface area contributed by atoms with Crippen LogP contribution in [0.1, 0.15) is 84.5 Å². The molecular formula is C17H35NO. The molecule has 0 fully saturated rings. The topological polar surface area (TPSA) is 29.1 Å². The molecule has 0 aromatic carbocycles. The fourth-order valence-electron chi connectivity index (χ4n) is 2.45. The van der Waals surface area contributed by atoms with Gasteiger partial charge in [-0.3, -0.25) is 4.79 Å². The van der Waals surface area contributed by atoms with Crippen LogP contribution in [0, 0.1) is 5.92 Å². The summed E-state index contributed by atoms with van der Waals surface area (Å²) in [6.45, 7) is 5.10. The lowest BCUT2D eigenvalue weighted by Gasteiger charge is -2.09. The first-order valence-corrected chi connectivity index (χ1v) is 8.39. The molecule has 0 saturated carbocycles. The van der Waals surface area contributed by atoms with E-state index in [0.29, 0.717) is 5.78 Å². The van der Waals surface area contributed by atoms with Gasteiger partial charge in [-0.25, -0.2) is 0 Å². The molecule has 0 saturated heterocycles. The lowest BCUT2D eigenvalue weighted by Crippen LogP contribution is -2.23. The van der Waals surface area contributed by atoms with Crippen molar-refractivity contribution in [2.75, 3.05) is 13.6 Å². The first-order chi connectivity index (χ1) is 9.22. The van der Waals surface area contributed by atoms with E-state index in [2.05, 4.69) is 12.2 Å². The van der Waals surface area contributed by atoms with Crippen LogP contribution in [-0.4, -0.2) is 19.4 Å². The number of hydrogen-bond donors (Lipinski definition) is 1. The van der Waals surface area contributed by atoms with E-state index in [-0.39, 0.29) is 5.92 Å². The van der Waals surface area contributed by atoms with E-state index in [0.717, 1.165) is 19.4 Å². The number of hydrogen-bond acceptors (Lipinski definition) is 2. The molecule has 1 unspecified atom stereocenters. The highest BCUT2D eigenvalue weighted by Gasteiger charge is 2.10. The number of Topliss-reactive ketones (excluding diaryl/α,β-unsaturated/α-hetero) is 1. The molecule has 2 nitrogen and oxygen atoms in total. The lowest BCUT2D eigenvalue weighted by atomic mass is 10.00. The average Bonchev–Trinajstić information content (AvgIpc) is 2.41. The third kappa shape index (κ3) is 12.4. The molecule has 0 rings (SSSR count). The van der Waals surface area contributed by atoms with Crippen LogP contribution in [0.15, 0.2) is 0 Å². The molecule has 0 spiro atoms. The summed E-state index contributed by atoms with van der Waals surface area (Å²) in [6.07, 6.45) is 14.1. The van der Waals surface area contributed by atoms with Gasteiger partial charge in [0.1, 0.15) is 5.78 Å². The number of ketones is 1. The van der Waals surface area contributed by atoms with Crippen LogP contribution in [-0.2, 0) is 4.79 Å². The molecule has 0 heterocycles. The largest absolute Gasteiger partial charge is 0.319 e. The van der Waals surface area contributed by atoms with Crippen molar-refractivity contribution in [2.24, 2.45) is 5.92 Å². The second-order valence-corrected chi connectivity index (χ2v) is 5.86. The Hall–Kier alpha value is -0.370. The van der Waals surface area contributed by atoms with E-state index >= 15 is 0 Å². The van der Waals surface area contributed by atoms with Crippen LogP contribution >= 0.6 is 0 Å². The predicted molar refractivity (Wildman–Crippen MR) is 84.6 cm³/mol. The maximum absolute atomic E-state index is 11.7. The molecule has 19 heavy (non-hydrogen) atoms. The van der Waals surface area contributed by atoms with E-state index in [9.17, 15) is 4.79 Å². The van der Waals surface area contributed by atoms with Gasteiger partial charge in [-0.05, 0) is 13.5 Å². The Morgan fingerprint density at radius 1 is 0.895 bits per heavy atom. The molecule has 1 N–H and O–H groups in total. The molecule has 0 aliphatic heterocycles. The monoisotopic (exact) mass is 269 g/mol. The highest BCUT2D eigenvalue weighted by Crippen LogP contribution is 2.12. The van der Waals surface area contributed by atoms with Crippen LogP contribution < -0.4 is 5.32 Å². The molecule has 0 radical (unpaired) electrons. The van der Waals surface area contributed by atoms with Gasteiger partial charge in [-0.1, -0.05) is 71.6 Å². The summed E-state index contributed by atoms with van der Waals surface area (Å²) in [5.74, 6) is 0.609. The van der Waals surface area contributed by atoms with Crippen LogP contribution in [0.3, 0.4) is 0 Å². The first-order valence-electron chi connectivity index (χ1n) is 8.39. The summed E-state index contributed by atoms with van der Waals surface area (Å²) in [5, 5.41) is 3.07. The SMILES string of the molecule is CCCCCCCCCCCCC(=O)C(C)CNC. The van der Waals surface area contributed by atoms with Gasteiger partial charge in [0, 0.05) is 18.9 Å². The fourth-order valence-corrected chi connectivity index (χ4v) is 2.45. The smallest absolute Gasteiger partial charge is 0.136 e. The minimum absolute atomic E-state index is 0.184. The summed E-state index contributed by atoms with van der Waals surface area (Å²) in [6, 6.07) is 0. The number of nitrogens with one attached hydrogen (secondary N) is 1. The molecule has 0 aliphatic carbocycles. The van der Waals surface area contributed by atoms with Gasteiger partial charge in [-0.15, -0.1) is 0 Å². The highest BCUT2D eigenvalue weighted by molar-refractivity contribution is 5.80. The van der Waals surface area contributed by atoms with E-state index in [4.69, 9.17) is 0 Å². The molecule has 0 amide bonds. The highest BCUT2D eigenvalue weighted by atomic mass is 16.1. The van der Waals surface area contributed by atoms with Crippen LogP contribution in [0.5, 0.6) is 0 Å². The second-order valence-electron chi connectivity index (χ2n) is 5.86. The number of carbonyl (C=O) groups excluding carboxylic acids is 1. The van der Waals surface area contributed by atoms with Crippen molar-refractivity contribution in [3.05, 3.63) is 0 Å². The van der Waals surface area contributed by atoms with Crippen molar-refractivity contribution in [1.82, 2.24) is 5.32 Å². The van der Waals surface area contributed by atoms with Crippen LogP contribution in [0.2, 0.25) is 0 Å². The Bertz CT molecular complexity index is 203. The molecule has 0 bridgehead atoms. The van der Waals surface area contributed by atoms with Gasteiger partial charge >= 0.3 is 0 Å². The summed E-state index contributed by atoms with van der Waals surface area (Å²) in [4.78, 5) is 11.7. The van der Waals surface area contributed by atoms with E-state index in [1.54, 1.807) is 0 Å². The van der Waals surface area contributed by atoms with Crippen molar-refractivity contribution in [1.29, 1.82) is 0 Å². The van der Waals surface area contributed by atoms with Crippen molar-refractivity contribution < 1.29 is 4.79 Å². The molecule has 1 atom stereocenters. The Kier molecular flexibility index (Phi) is 13.8. The van der Waals surface area contributed by atoms with Gasteiger partial charge in [0.05, 0.1) is 0 Å². The Balaban J connectivity index is 3.20. The summed E-state index contributed by atoms with van der Waals surface area (Å²) < 4.78 is 0. The molecular weight excluding hydrogens is 234 g/mol. The van der Waals surface area contributed by atoms with Crippen molar-refractivity contribution in [2.45, 2.75) is 84.5 Å². The maximum Gasteiger partial charge on any atom is 0.136 e. The third-order valence-electron chi connectivity index (χ3n) is 3.84. The maximum atomic E-state index is 11.7. The zero-order chi connectivity index (χ0) is 14.3. The molecule has 114 valence electrons. The Morgan fingerprint density at radius 3 is 1.84 bits per heavy atom. The summed E-state index contributed by atoms with van der Waals surface area (Å²) >= 11 is 0. The summed E-state index contributed by atoms with van der Waals surface area (Å²) in [5.41, 5.74) is 0. The molecule has 0 aliphatic rings. The molecule has 0 aromatic heterocycles. The Morgan fingerprint density at radius 2 is 1.37 bits per heavy atom. The number of carbonyl (C=O) groups is 1. The van der Waals surface area contributed by atoms with Gasteiger partial charge in [-0.2, -0.15) is 0 Å². The third-order valence-corrected chi connectivity index (χ3v) is 3.84. The van der Waals surface area contributed by atoms with Gasteiger partial charge in [0.25, 0.3) is 0 Å². The Labute approximate surface area is 120 Å². The van der Waals surface area contributed by atoms with Crippen LogP contribution in [0.25, 0.3) is 0 Å². The fraction of sp³-hybridized carbons (Fsp3) is 0.941. The van der Waals surface area contributed by atoms with Crippen molar-refractivity contribution >= 4 is 5.78 Å². The van der Waals surface area contributed by atoms with Crippen molar-refractivity contribution in [3.8, 4) is 0 Å². The predicted octanol–water partition coefficient (Wildman–Crippen LogP) is 4.72. The number of unbranched alkanes of at least 4 members (excludes halogenated alkanes) is 9. The molecule has 2 heteroatoms. The van der Waals surface area contributed by atoms with E-state index in [1.165, 1.54) is 57.8 Å². The molecule has 0 aromatic rings.